The maximum atomic E-state index is 12.2. The predicted octanol–water partition coefficient (Wildman–Crippen LogP) is 4.89. The van der Waals surface area contributed by atoms with Gasteiger partial charge in [-0.25, -0.2) is 9.59 Å². The molecular formula is C20H29NO4Si. The van der Waals surface area contributed by atoms with Gasteiger partial charge in [0.15, 0.2) is 0 Å². The highest BCUT2D eigenvalue weighted by molar-refractivity contribution is 6.83. The molecule has 0 saturated heterocycles. The van der Waals surface area contributed by atoms with Crippen molar-refractivity contribution in [3.8, 4) is 11.5 Å². The summed E-state index contributed by atoms with van der Waals surface area (Å²) < 4.78 is 5.31. The van der Waals surface area contributed by atoms with Crippen LogP contribution in [0.5, 0.6) is 0 Å². The van der Waals surface area contributed by atoms with E-state index in [2.05, 4.69) is 36.4 Å². The van der Waals surface area contributed by atoms with Crippen LogP contribution < -0.4 is 5.32 Å². The minimum Gasteiger partial charge on any atom is -0.478 e. The zero-order chi connectivity index (χ0) is 20.4. The second kappa shape index (κ2) is 7.54. The Hall–Kier alpha value is -2.26. The number of nitrogens with one attached hydrogen (secondary N) is 1. The van der Waals surface area contributed by atoms with Crippen LogP contribution in [0.3, 0.4) is 0 Å². The molecule has 0 unspecified atom stereocenters. The van der Waals surface area contributed by atoms with Crippen LogP contribution in [0.1, 0.15) is 53.4 Å². The first-order valence-electron chi connectivity index (χ1n) is 8.54. The summed E-state index contributed by atoms with van der Waals surface area (Å²) in [5.74, 6) is 2.12. The van der Waals surface area contributed by atoms with Crippen LogP contribution in [0.25, 0.3) is 0 Å². The number of hydrogen-bond acceptors (Lipinski definition) is 3. The van der Waals surface area contributed by atoms with Gasteiger partial charge in [-0.15, -0.1) is 5.54 Å². The molecule has 0 aliphatic heterocycles. The van der Waals surface area contributed by atoms with Gasteiger partial charge in [0.1, 0.15) is 13.7 Å². The van der Waals surface area contributed by atoms with Gasteiger partial charge in [0.2, 0.25) is 0 Å². The number of aromatic carboxylic acids is 1. The molecule has 1 aromatic carbocycles. The molecule has 0 aromatic heterocycles. The number of benzene rings is 1. The number of carboxylic acids is 1. The summed E-state index contributed by atoms with van der Waals surface area (Å²) in [7, 11) is -1.65. The van der Waals surface area contributed by atoms with Gasteiger partial charge in [0, 0.05) is 5.56 Å². The van der Waals surface area contributed by atoms with Crippen molar-refractivity contribution < 1.29 is 19.4 Å². The quantitative estimate of drug-likeness (QED) is 0.570. The molecule has 0 atom stereocenters. The predicted molar refractivity (Wildman–Crippen MR) is 108 cm³/mol. The van der Waals surface area contributed by atoms with Crippen LogP contribution in [-0.4, -0.2) is 30.8 Å². The number of carboxylic acid groups (broad SMARTS) is 1. The molecule has 5 nitrogen and oxygen atoms in total. The summed E-state index contributed by atoms with van der Waals surface area (Å²) in [6, 6.07) is 0. The van der Waals surface area contributed by atoms with Crippen LogP contribution in [0, 0.1) is 32.2 Å². The van der Waals surface area contributed by atoms with E-state index in [1.807, 2.05) is 6.92 Å². The topological polar surface area (TPSA) is 75.6 Å². The van der Waals surface area contributed by atoms with Gasteiger partial charge < -0.3 is 9.84 Å². The smallest absolute Gasteiger partial charge is 0.412 e. The van der Waals surface area contributed by atoms with E-state index >= 15 is 0 Å². The van der Waals surface area contributed by atoms with E-state index in [9.17, 15) is 14.7 Å². The molecule has 26 heavy (non-hydrogen) atoms. The minimum absolute atomic E-state index is 0.168. The summed E-state index contributed by atoms with van der Waals surface area (Å²) in [5.41, 5.74) is 5.77. The van der Waals surface area contributed by atoms with Crippen LogP contribution >= 0.6 is 0 Å². The number of anilines is 1. The van der Waals surface area contributed by atoms with E-state index in [1.54, 1.807) is 34.6 Å². The lowest BCUT2D eigenvalue weighted by Crippen LogP contribution is -2.28. The Morgan fingerprint density at radius 1 is 1.04 bits per heavy atom. The van der Waals surface area contributed by atoms with Gasteiger partial charge >= 0.3 is 12.1 Å². The van der Waals surface area contributed by atoms with E-state index in [1.165, 1.54) is 0 Å². The van der Waals surface area contributed by atoms with E-state index < -0.39 is 25.7 Å². The van der Waals surface area contributed by atoms with E-state index in [0.717, 1.165) is 5.56 Å². The number of amides is 1. The van der Waals surface area contributed by atoms with Crippen molar-refractivity contribution in [2.24, 2.45) is 0 Å². The molecule has 0 spiro atoms. The van der Waals surface area contributed by atoms with E-state index in [4.69, 9.17) is 4.74 Å². The van der Waals surface area contributed by atoms with Crippen molar-refractivity contribution in [2.75, 3.05) is 5.32 Å². The number of ether oxygens (including phenoxy) is 1. The highest BCUT2D eigenvalue weighted by Crippen LogP contribution is 2.31. The first-order chi connectivity index (χ1) is 11.6. The maximum absolute atomic E-state index is 12.2. The lowest BCUT2D eigenvalue weighted by atomic mass is 9.91. The molecule has 0 saturated carbocycles. The van der Waals surface area contributed by atoms with Crippen molar-refractivity contribution >= 4 is 25.8 Å². The van der Waals surface area contributed by atoms with Crippen molar-refractivity contribution in [3.63, 3.8) is 0 Å². The lowest BCUT2D eigenvalue weighted by molar-refractivity contribution is 0.0632. The van der Waals surface area contributed by atoms with Gasteiger partial charge in [-0.2, -0.15) is 0 Å². The molecule has 1 amide bonds. The third kappa shape index (κ3) is 5.63. The monoisotopic (exact) mass is 375 g/mol. The largest absolute Gasteiger partial charge is 0.478 e. The summed E-state index contributed by atoms with van der Waals surface area (Å²) >= 11 is 0. The van der Waals surface area contributed by atoms with E-state index in [0.29, 0.717) is 22.4 Å². The van der Waals surface area contributed by atoms with Crippen molar-refractivity contribution in [1.82, 2.24) is 0 Å². The van der Waals surface area contributed by atoms with Crippen molar-refractivity contribution in [3.05, 3.63) is 27.8 Å². The highest BCUT2D eigenvalue weighted by atomic mass is 28.3. The zero-order valence-corrected chi connectivity index (χ0v) is 18.2. The molecule has 142 valence electrons. The molecule has 0 aliphatic rings. The first kappa shape index (κ1) is 21.8. The first-order valence-corrected chi connectivity index (χ1v) is 12.0. The van der Waals surface area contributed by atoms with Crippen molar-refractivity contribution in [1.29, 1.82) is 0 Å². The lowest BCUT2D eigenvalue weighted by Gasteiger charge is -2.22. The number of carbonyl (C=O) groups excluding carboxylic acids is 1. The summed E-state index contributed by atoms with van der Waals surface area (Å²) in [6.07, 6.45) is -0.618. The number of hydrogen-bond donors (Lipinski definition) is 2. The molecule has 0 radical (unpaired) electrons. The summed E-state index contributed by atoms with van der Waals surface area (Å²) in [6.45, 7) is 17.0. The fraction of sp³-hybridized carbons (Fsp3) is 0.500. The molecule has 0 aliphatic carbocycles. The minimum atomic E-state index is -1.65. The fourth-order valence-corrected chi connectivity index (χ4v) is 3.07. The molecule has 2 N–H and O–H groups in total. The summed E-state index contributed by atoms with van der Waals surface area (Å²) in [5, 5.41) is 12.4. The molecule has 0 bridgehead atoms. The zero-order valence-electron chi connectivity index (χ0n) is 17.2. The Morgan fingerprint density at radius 3 is 2.00 bits per heavy atom. The molecule has 6 heteroatoms. The van der Waals surface area contributed by atoms with Crippen molar-refractivity contribution in [2.45, 2.75) is 66.8 Å². The Kier molecular flexibility index (Phi) is 6.32. The SMILES string of the molecule is Cc1c(C#C[Si](C)(C)C)c(C)c(C(=O)O)c(C)c1NC(=O)OC(C)(C)C. The Bertz CT molecular complexity index is 803. The van der Waals surface area contributed by atoms with Gasteiger partial charge in [-0.05, 0) is 58.2 Å². The highest BCUT2D eigenvalue weighted by Gasteiger charge is 2.24. The molecule has 0 heterocycles. The second-order valence-electron chi connectivity index (χ2n) is 8.43. The summed E-state index contributed by atoms with van der Waals surface area (Å²) in [4.78, 5) is 24.0. The van der Waals surface area contributed by atoms with E-state index in [-0.39, 0.29) is 5.56 Å². The Balaban J connectivity index is 3.59. The standard InChI is InChI=1S/C20H29NO4Si/c1-12-15(10-11-26(7,8)9)13(2)17(14(3)16(12)18(22)23)21-19(24)25-20(4,5)6/h1-9H3,(H,21,24)(H,22,23). The van der Waals surface area contributed by atoms with Crippen LogP contribution in [0.2, 0.25) is 19.6 Å². The van der Waals surface area contributed by atoms with Crippen LogP contribution in [-0.2, 0) is 4.74 Å². The van der Waals surface area contributed by atoms with Crippen LogP contribution in [0.15, 0.2) is 0 Å². The Labute approximate surface area is 157 Å². The maximum Gasteiger partial charge on any atom is 0.412 e. The third-order valence-corrected chi connectivity index (χ3v) is 4.53. The average molecular weight is 376 g/mol. The number of carbonyl (C=O) groups is 2. The Morgan fingerprint density at radius 2 is 1.58 bits per heavy atom. The van der Waals surface area contributed by atoms with Crippen LogP contribution in [0.4, 0.5) is 10.5 Å². The molecule has 1 aromatic rings. The second-order valence-corrected chi connectivity index (χ2v) is 13.2. The molecular weight excluding hydrogens is 346 g/mol. The fourth-order valence-electron chi connectivity index (χ4n) is 2.57. The third-order valence-electron chi connectivity index (χ3n) is 3.65. The average Bonchev–Trinajstić information content (AvgIpc) is 2.39. The molecule has 0 fully saturated rings. The number of rotatable bonds is 2. The van der Waals surface area contributed by atoms with Gasteiger partial charge in [0.25, 0.3) is 0 Å². The van der Waals surface area contributed by atoms with Gasteiger partial charge in [0.05, 0.1) is 11.3 Å². The van der Waals surface area contributed by atoms with Gasteiger partial charge in [-0.3, -0.25) is 5.32 Å². The molecule has 1 rings (SSSR count). The van der Waals surface area contributed by atoms with Gasteiger partial charge in [-0.1, -0.05) is 25.6 Å². The normalized spacial score (nSPS) is 11.4.